The van der Waals surface area contributed by atoms with Crippen molar-refractivity contribution in [2.45, 2.75) is 0 Å². The van der Waals surface area contributed by atoms with Crippen LogP contribution in [0.25, 0.3) is 23.1 Å². The fourth-order valence-electron chi connectivity index (χ4n) is 2.09. The summed E-state index contributed by atoms with van der Waals surface area (Å²) in [5, 5.41) is 10.3. The number of rotatable bonds is 2. The van der Waals surface area contributed by atoms with E-state index in [1.54, 1.807) is 12.1 Å². The zero-order valence-electron chi connectivity index (χ0n) is 11.2. The number of aromatic hydroxyl groups is 1. The first-order valence-corrected chi connectivity index (χ1v) is 8.60. The first-order valence-electron chi connectivity index (χ1n) is 6.44. The second-order valence-corrected chi connectivity index (χ2v) is 6.97. The molecule has 1 N–H and O–H groups in total. The summed E-state index contributed by atoms with van der Waals surface area (Å²) in [6.07, 6.45) is 3.63. The molecule has 0 bridgehead atoms. The van der Waals surface area contributed by atoms with Crippen LogP contribution in [0, 0.1) is 7.14 Å². The number of fused-ring (bicyclic) bond motifs is 1. The fourth-order valence-corrected chi connectivity index (χ4v) is 3.96. The maximum atomic E-state index is 12.3. The van der Waals surface area contributed by atoms with Crippen LogP contribution in [0.2, 0.25) is 0 Å². The SMILES string of the molecule is O=c1cc(/C=C/c2ccccc2)oc2c(I)cc(I)c(O)c12. The van der Waals surface area contributed by atoms with Crippen LogP contribution in [-0.2, 0) is 0 Å². The molecule has 0 spiro atoms. The molecule has 0 radical (unpaired) electrons. The lowest BCUT2D eigenvalue weighted by Crippen LogP contribution is -2.02. The molecule has 0 saturated carbocycles. The highest BCUT2D eigenvalue weighted by atomic mass is 127. The Bertz CT molecular complexity index is 928. The molecule has 2 aromatic carbocycles. The molecule has 0 aliphatic heterocycles. The van der Waals surface area contributed by atoms with Crippen LogP contribution in [0.4, 0.5) is 0 Å². The van der Waals surface area contributed by atoms with Crippen LogP contribution in [0.3, 0.4) is 0 Å². The third kappa shape index (κ3) is 3.05. The van der Waals surface area contributed by atoms with E-state index < -0.39 is 0 Å². The number of hydrogen-bond donors (Lipinski definition) is 1. The molecule has 1 heterocycles. The molecular formula is C17H10I2O3. The van der Waals surface area contributed by atoms with Gasteiger partial charge in [0, 0.05) is 6.07 Å². The van der Waals surface area contributed by atoms with Crippen LogP contribution in [0.5, 0.6) is 5.75 Å². The van der Waals surface area contributed by atoms with Gasteiger partial charge in [0.05, 0.1) is 7.14 Å². The predicted octanol–water partition coefficient (Wildman–Crippen LogP) is 4.88. The van der Waals surface area contributed by atoms with Crippen molar-refractivity contribution in [2.24, 2.45) is 0 Å². The number of halogens is 2. The second kappa shape index (κ2) is 6.41. The Balaban J connectivity index is 2.14. The monoisotopic (exact) mass is 516 g/mol. The summed E-state index contributed by atoms with van der Waals surface area (Å²) in [5.41, 5.74) is 1.19. The standard InChI is InChI=1S/C17H10I2O3/c18-12-9-13(19)17-15(16(12)21)14(20)8-11(22-17)7-6-10-4-2-1-3-5-10/h1-9,21H/b7-6+. The van der Waals surface area contributed by atoms with E-state index in [0.717, 1.165) is 9.13 Å². The first-order chi connectivity index (χ1) is 10.6. The van der Waals surface area contributed by atoms with E-state index >= 15 is 0 Å². The molecule has 0 amide bonds. The minimum Gasteiger partial charge on any atom is -0.506 e. The Morgan fingerprint density at radius 3 is 2.45 bits per heavy atom. The van der Waals surface area contributed by atoms with Crippen molar-refractivity contribution in [1.82, 2.24) is 0 Å². The molecule has 5 heteroatoms. The molecule has 22 heavy (non-hydrogen) atoms. The minimum atomic E-state index is -0.247. The summed E-state index contributed by atoms with van der Waals surface area (Å²) in [7, 11) is 0. The summed E-state index contributed by atoms with van der Waals surface area (Å²) in [6, 6.07) is 12.9. The highest BCUT2D eigenvalue weighted by molar-refractivity contribution is 14.1. The van der Waals surface area contributed by atoms with Crippen LogP contribution < -0.4 is 5.43 Å². The van der Waals surface area contributed by atoms with Gasteiger partial charge in [-0.05, 0) is 62.9 Å². The van der Waals surface area contributed by atoms with Gasteiger partial charge in [-0.25, -0.2) is 0 Å². The van der Waals surface area contributed by atoms with Gasteiger partial charge in [0.1, 0.15) is 16.9 Å². The van der Waals surface area contributed by atoms with E-state index in [1.165, 1.54) is 6.07 Å². The second-order valence-electron chi connectivity index (χ2n) is 4.65. The van der Waals surface area contributed by atoms with Crippen LogP contribution in [-0.4, -0.2) is 5.11 Å². The summed E-state index contributed by atoms with van der Waals surface area (Å²) >= 11 is 4.10. The minimum absolute atomic E-state index is 0.0247. The van der Waals surface area contributed by atoms with Crippen LogP contribution in [0.1, 0.15) is 11.3 Å². The van der Waals surface area contributed by atoms with Gasteiger partial charge in [-0.15, -0.1) is 0 Å². The third-order valence-electron chi connectivity index (χ3n) is 3.14. The zero-order valence-corrected chi connectivity index (χ0v) is 15.5. The number of hydrogen-bond acceptors (Lipinski definition) is 3. The Labute approximate surface area is 153 Å². The average Bonchev–Trinajstić information content (AvgIpc) is 2.51. The Morgan fingerprint density at radius 1 is 1.00 bits per heavy atom. The van der Waals surface area contributed by atoms with Crippen molar-refractivity contribution in [2.75, 3.05) is 0 Å². The summed E-state index contributed by atoms with van der Waals surface area (Å²) in [4.78, 5) is 12.3. The maximum absolute atomic E-state index is 12.3. The van der Waals surface area contributed by atoms with Gasteiger partial charge in [0.15, 0.2) is 11.0 Å². The number of benzene rings is 2. The largest absolute Gasteiger partial charge is 0.506 e. The van der Waals surface area contributed by atoms with E-state index in [9.17, 15) is 9.90 Å². The molecule has 0 unspecified atom stereocenters. The Kier molecular flexibility index (Phi) is 4.53. The molecule has 3 aromatic rings. The maximum Gasteiger partial charge on any atom is 0.197 e. The van der Waals surface area contributed by atoms with Crippen molar-refractivity contribution in [1.29, 1.82) is 0 Å². The quantitative estimate of drug-likeness (QED) is 0.495. The Morgan fingerprint density at radius 2 is 1.73 bits per heavy atom. The molecule has 0 atom stereocenters. The molecule has 3 rings (SSSR count). The molecule has 0 saturated heterocycles. The lowest BCUT2D eigenvalue weighted by atomic mass is 10.1. The van der Waals surface area contributed by atoms with Crippen LogP contribution in [0.15, 0.2) is 51.7 Å². The van der Waals surface area contributed by atoms with Crippen molar-refractivity contribution in [3.05, 3.63) is 71.2 Å². The summed E-state index contributed by atoms with van der Waals surface area (Å²) < 4.78 is 7.20. The summed E-state index contributed by atoms with van der Waals surface area (Å²) in [6.45, 7) is 0. The van der Waals surface area contributed by atoms with Gasteiger partial charge in [0.2, 0.25) is 0 Å². The average molecular weight is 516 g/mol. The van der Waals surface area contributed by atoms with E-state index in [0.29, 0.717) is 14.9 Å². The van der Waals surface area contributed by atoms with Gasteiger partial charge in [-0.1, -0.05) is 36.4 Å². The van der Waals surface area contributed by atoms with Crippen LogP contribution >= 0.6 is 45.2 Å². The van der Waals surface area contributed by atoms with Gasteiger partial charge in [0.25, 0.3) is 0 Å². The summed E-state index contributed by atoms with van der Waals surface area (Å²) in [5.74, 6) is 0.434. The third-order valence-corrected chi connectivity index (χ3v) is 4.76. The van der Waals surface area contributed by atoms with Gasteiger partial charge in [-0.3, -0.25) is 4.79 Å². The highest BCUT2D eigenvalue weighted by Crippen LogP contribution is 2.32. The predicted molar refractivity (Wildman–Crippen MR) is 105 cm³/mol. The zero-order chi connectivity index (χ0) is 15.7. The first kappa shape index (κ1) is 15.5. The van der Waals surface area contributed by atoms with Crippen molar-refractivity contribution in [3.8, 4) is 5.75 Å². The smallest absolute Gasteiger partial charge is 0.197 e. The highest BCUT2D eigenvalue weighted by Gasteiger charge is 2.14. The van der Waals surface area contributed by atoms with Crippen molar-refractivity contribution < 1.29 is 9.52 Å². The Hall–Kier alpha value is -1.35. The number of phenolic OH excluding ortho intramolecular Hbond substituents is 1. The van der Waals surface area contributed by atoms with Crippen molar-refractivity contribution in [3.63, 3.8) is 0 Å². The molecule has 1 aromatic heterocycles. The van der Waals surface area contributed by atoms with Gasteiger partial charge < -0.3 is 9.52 Å². The van der Waals surface area contributed by atoms with Crippen molar-refractivity contribution >= 4 is 68.3 Å². The van der Waals surface area contributed by atoms with E-state index in [1.807, 2.05) is 59.0 Å². The topological polar surface area (TPSA) is 50.4 Å². The lowest BCUT2D eigenvalue weighted by molar-refractivity contribution is 0.475. The van der Waals surface area contributed by atoms with Gasteiger partial charge in [-0.2, -0.15) is 0 Å². The molecular weight excluding hydrogens is 506 g/mol. The lowest BCUT2D eigenvalue weighted by Gasteiger charge is -2.05. The van der Waals surface area contributed by atoms with E-state index in [-0.39, 0.29) is 16.6 Å². The molecule has 0 aliphatic rings. The molecule has 0 aliphatic carbocycles. The van der Waals surface area contributed by atoms with Gasteiger partial charge >= 0.3 is 0 Å². The van der Waals surface area contributed by atoms with E-state index in [2.05, 4.69) is 22.6 Å². The number of phenols is 1. The molecule has 110 valence electrons. The van der Waals surface area contributed by atoms with E-state index in [4.69, 9.17) is 4.42 Å². The molecule has 0 fully saturated rings. The normalized spacial score (nSPS) is 11.4. The fraction of sp³-hybridized carbons (Fsp3) is 0. The molecule has 3 nitrogen and oxygen atoms in total.